The Morgan fingerprint density at radius 2 is 2.36 bits per heavy atom. The first kappa shape index (κ1) is 10.6. The number of alkyl carbamates (subject to hydrolysis) is 1. The molecule has 0 aromatic carbocycles. The van der Waals surface area contributed by atoms with E-state index in [4.69, 9.17) is 0 Å². The summed E-state index contributed by atoms with van der Waals surface area (Å²) in [4.78, 5) is 21.8. The Balaban J connectivity index is 2.32. The highest BCUT2D eigenvalue weighted by atomic mass is 16.5. The highest BCUT2D eigenvalue weighted by molar-refractivity contribution is 5.96. The fraction of sp³-hybridized carbons (Fsp3) is 0.556. The average molecular weight is 198 g/mol. The molecule has 1 aliphatic heterocycles. The number of hydrogen-bond acceptors (Lipinski definition) is 3. The molecule has 0 atom stereocenters. The standard InChI is InChI=1S/C9H14N2O3/c1-6-7(5-11-8(6)12)3-4-10-9(13)14-2/h3-5H2,1-2H3,(H,10,13)(H,11,12). The minimum absolute atomic E-state index is 0.0157. The number of hydrogen-bond donors (Lipinski definition) is 2. The molecule has 0 aromatic heterocycles. The maximum Gasteiger partial charge on any atom is 0.406 e. The van der Waals surface area contributed by atoms with Crippen LogP contribution in [0.5, 0.6) is 0 Å². The summed E-state index contributed by atoms with van der Waals surface area (Å²) in [5.41, 5.74) is 1.81. The van der Waals surface area contributed by atoms with E-state index in [-0.39, 0.29) is 5.91 Å². The minimum Gasteiger partial charge on any atom is -0.453 e. The highest BCUT2D eigenvalue weighted by Gasteiger charge is 2.17. The monoisotopic (exact) mass is 198 g/mol. The molecule has 1 heterocycles. The summed E-state index contributed by atoms with van der Waals surface area (Å²) in [6.45, 7) is 2.87. The van der Waals surface area contributed by atoms with Crippen molar-refractivity contribution in [3.63, 3.8) is 0 Å². The van der Waals surface area contributed by atoms with Gasteiger partial charge in [-0.1, -0.05) is 0 Å². The summed E-state index contributed by atoms with van der Waals surface area (Å²) in [5.74, 6) is -0.0157. The predicted molar refractivity (Wildman–Crippen MR) is 50.7 cm³/mol. The molecule has 0 saturated carbocycles. The van der Waals surface area contributed by atoms with Gasteiger partial charge in [0, 0.05) is 18.7 Å². The van der Waals surface area contributed by atoms with E-state index < -0.39 is 6.09 Å². The third-order valence-corrected chi connectivity index (χ3v) is 2.21. The Morgan fingerprint density at radius 1 is 1.64 bits per heavy atom. The van der Waals surface area contributed by atoms with Gasteiger partial charge >= 0.3 is 6.09 Å². The normalized spacial score (nSPS) is 15.4. The number of rotatable bonds is 3. The topological polar surface area (TPSA) is 67.4 Å². The lowest BCUT2D eigenvalue weighted by molar-refractivity contribution is -0.116. The van der Waals surface area contributed by atoms with Gasteiger partial charge in [-0.25, -0.2) is 4.79 Å². The van der Waals surface area contributed by atoms with Gasteiger partial charge in [-0.15, -0.1) is 0 Å². The SMILES string of the molecule is COC(=O)NCCC1=C(C)C(=O)NC1. The Hall–Kier alpha value is -1.52. The molecule has 0 bridgehead atoms. The molecule has 14 heavy (non-hydrogen) atoms. The molecule has 78 valence electrons. The van der Waals surface area contributed by atoms with Crippen molar-refractivity contribution in [2.45, 2.75) is 13.3 Å². The molecule has 1 aliphatic rings. The van der Waals surface area contributed by atoms with Crippen molar-refractivity contribution in [3.05, 3.63) is 11.1 Å². The quantitative estimate of drug-likeness (QED) is 0.679. The van der Waals surface area contributed by atoms with Gasteiger partial charge in [0.1, 0.15) is 0 Å². The molecule has 5 nitrogen and oxygen atoms in total. The maximum atomic E-state index is 11.1. The van der Waals surface area contributed by atoms with Gasteiger partial charge in [0.2, 0.25) is 5.91 Å². The molecule has 0 saturated heterocycles. The first-order valence-electron chi connectivity index (χ1n) is 4.43. The van der Waals surface area contributed by atoms with Crippen molar-refractivity contribution >= 4 is 12.0 Å². The number of ether oxygens (including phenoxy) is 1. The number of nitrogens with one attached hydrogen (secondary N) is 2. The van der Waals surface area contributed by atoms with Crippen LogP contribution in [-0.4, -0.2) is 32.2 Å². The summed E-state index contributed by atoms with van der Waals surface area (Å²) < 4.78 is 4.41. The lowest BCUT2D eigenvalue weighted by atomic mass is 10.1. The van der Waals surface area contributed by atoms with Crippen LogP contribution in [0.3, 0.4) is 0 Å². The molecule has 0 aromatic rings. The summed E-state index contributed by atoms with van der Waals surface area (Å²) in [5, 5.41) is 5.27. The Labute approximate surface area is 82.5 Å². The zero-order valence-corrected chi connectivity index (χ0v) is 8.35. The largest absolute Gasteiger partial charge is 0.453 e. The van der Waals surface area contributed by atoms with Gasteiger partial charge in [0.25, 0.3) is 0 Å². The van der Waals surface area contributed by atoms with Crippen molar-refractivity contribution in [1.82, 2.24) is 10.6 Å². The van der Waals surface area contributed by atoms with Crippen LogP contribution in [0.1, 0.15) is 13.3 Å². The number of amides is 2. The highest BCUT2D eigenvalue weighted by Crippen LogP contribution is 2.12. The van der Waals surface area contributed by atoms with Crippen LogP contribution >= 0.6 is 0 Å². The maximum absolute atomic E-state index is 11.1. The predicted octanol–water partition coefficient (Wildman–Crippen LogP) is 0.179. The van der Waals surface area contributed by atoms with Gasteiger partial charge in [-0.3, -0.25) is 4.79 Å². The molecule has 2 amide bonds. The van der Waals surface area contributed by atoms with E-state index in [1.165, 1.54) is 7.11 Å². The number of carbonyl (C=O) groups is 2. The van der Waals surface area contributed by atoms with Crippen LogP contribution in [0.15, 0.2) is 11.1 Å². The fourth-order valence-corrected chi connectivity index (χ4v) is 1.28. The van der Waals surface area contributed by atoms with E-state index in [1.54, 1.807) is 6.92 Å². The third kappa shape index (κ3) is 2.48. The van der Waals surface area contributed by atoms with Crippen LogP contribution in [0.2, 0.25) is 0 Å². The lowest BCUT2D eigenvalue weighted by Gasteiger charge is -2.04. The zero-order valence-electron chi connectivity index (χ0n) is 8.35. The Kier molecular flexibility index (Phi) is 3.50. The summed E-state index contributed by atoms with van der Waals surface area (Å²) in [7, 11) is 1.32. The second kappa shape index (κ2) is 4.64. The first-order valence-corrected chi connectivity index (χ1v) is 4.43. The Bertz CT molecular complexity index is 284. The number of methoxy groups -OCH3 is 1. The minimum atomic E-state index is -0.444. The van der Waals surface area contributed by atoms with E-state index in [0.717, 1.165) is 11.1 Å². The molecule has 0 fully saturated rings. The van der Waals surface area contributed by atoms with Crippen LogP contribution in [0, 0.1) is 0 Å². The molecular formula is C9H14N2O3. The van der Waals surface area contributed by atoms with Gasteiger partial charge < -0.3 is 15.4 Å². The Morgan fingerprint density at radius 3 is 2.86 bits per heavy atom. The van der Waals surface area contributed by atoms with Gasteiger partial charge in [-0.05, 0) is 18.9 Å². The van der Waals surface area contributed by atoms with E-state index in [0.29, 0.717) is 19.5 Å². The third-order valence-electron chi connectivity index (χ3n) is 2.21. The van der Waals surface area contributed by atoms with E-state index >= 15 is 0 Å². The van der Waals surface area contributed by atoms with E-state index in [1.807, 2.05) is 0 Å². The molecule has 1 rings (SSSR count). The van der Waals surface area contributed by atoms with Crippen LogP contribution in [-0.2, 0) is 9.53 Å². The fourth-order valence-electron chi connectivity index (χ4n) is 1.28. The molecule has 0 radical (unpaired) electrons. The molecule has 0 spiro atoms. The second-order valence-electron chi connectivity index (χ2n) is 3.08. The molecule has 0 aliphatic carbocycles. The van der Waals surface area contributed by atoms with E-state index in [2.05, 4.69) is 15.4 Å². The summed E-state index contributed by atoms with van der Waals surface area (Å²) in [6, 6.07) is 0. The van der Waals surface area contributed by atoms with Gasteiger partial charge in [0.05, 0.1) is 7.11 Å². The zero-order chi connectivity index (χ0) is 10.6. The van der Waals surface area contributed by atoms with Crippen molar-refractivity contribution in [1.29, 1.82) is 0 Å². The van der Waals surface area contributed by atoms with Crippen molar-refractivity contribution in [3.8, 4) is 0 Å². The summed E-state index contributed by atoms with van der Waals surface area (Å²) in [6.07, 6.45) is 0.236. The molecule has 2 N–H and O–H groups in total. The smallest absolute Gasteiger partial charge is 0.406 e. The van der Waals surface area contributed by atoms with Crippen molar-refractivity contribution in [2.24, 2.45) is 0 Å². The van der Waals surface area contributed by atoms with Crippen molar-refractivity contribution in [2.75, 3.05) is 20.2 Å². The van der Waals surface area contributed by atoms with Gasteiger partial charge in [-0.2, -0.15) is 0 Å². The summed E-state index contributed by atoms with van der Waals surface area (Å²) >= 11 is 0. The van der Waals surface area contributed by atoms with Crippen LogP contribution in [0.4, 0.5) is 4.79 Å². The average Bonchev–Trinajstić information content (AvgIpc) is 2.49. The molecular weight excluding hydrogens is 184 g/mol. The molecule has 5 heteroatoms. The number of carbonyl (C=O) groups excluding carboxylic acids is 2. The lowest BCUT2D eigenvalue weighted by Crippen LogP contribution is -2.24. The second-order valence-corrected chi connectivity index (χ2v) is 3.08. The van der Waals surface area contributed by atoms with Crippen LogP contribution in [0.25, 0.3) is 0 Å². The van der Waals surface area contributed by atoms with E-state index in [9.17, 15) is 9.59 Å². The van der Waals surface area contributed by atoms with Crippen LogP contribution < -0.4 is 10.6 Å². The first-order chi connectivity index (χ1) is 6.65. The van der Waals surface area contributed by atoms with Crippen molar-refractivity contribution < 1.29 is 14.3 Å². The molecule has 0 unspecified atom stereocenters. The van der Waals surface area contributed by atoms with Gasteiger partial charge in [0.15, 0.2) is 0 Å².